The number of fused-ring (bicyclic) bond motifs is 3. The number of esters is 1. The summed E-state index contributed by atoms with van der Waals surface area (Å²) in [5.41, 5.74) is 6.69. The largest absolute Gasteiger partial charge is 0.460 e. The first-order valence-electron chi connectivity index (χ1n) is 12.2. The van der Waals surface area contributed by atoms with E-state index in [9.17, 15) is 14.4 Å². The minimum absolute atomic E-state index is 0.145. The van der Waals surface area contributed by atoms with Crippen LogP contribution < -0.4 is 5.32 Å². The van der Waals surface area contributed by atoms with Gasteiger partial charge in [0, 0.05) is 6.54 Å². The number of likely N-dealkylation sites (tertiary alicyclic amines) is 1. The van der Waals surface area contributed by atoms with E-state index < -0.39 is 18.1 Å². The molecule has 1 N–H and O–H groups in total. The van der Waals surface area contributed by atoms with Crippen molar-refractivity contribution in [2.45, 2.75) is 38.5 Å². The van der Waals surface area contributed by atoms with Gasteiger partial charge in [-0.25, -0.2) is 4.79 Å². The maximum atomic E-state index is 12.9. The lowest BCUT2D eigenvalue weighted by atomic mass is 10.0. The van der Waals surface area contributed by atoms with Crippen molar-refractivity contribution in [1.82, 2.24) is 10.2 Å². The van der Waals surface area contributed by atoms with Gasteiger partial charge in [0.05, 0.1) is 0 Å². The molecule has 0 unspecified atom stereocenters. The van der Waals surface area contributed by atoms with Crippen LogP contribution in [-0.2, 0) is 38.7 Å². The molecule has 0 saturated carbocycles. The van der Waals surface area contributed by atoms with Gasteiger partial charge in [-0.15, -0.1) is 0 Å². The maximum Gasteiger partial charge on any atom is 0.410 e. The Morgan fingerprint density at radius 3 is 2.50 bits per heavy atom. The van der Waals surface area contributed by atoms with Crippen molar-refractivity contribution < 1.29 is 23.9 Å². The second-order valence-corrected chi connectivity index (χ2v) is 9.05. The molecule has 0 radical (unpaired) electrons. The van der Waals surface area contributed by atoms with E-state index in [-0.39, 0.29) is 25.7 Å². The van der Waals surface area contributed by atoms with E-state index >= 15 is 0 Å². The van der Waals surface area contributed by atoms with Crippen LogP contribution in [0.1, 0.15) is 35.1 Å². The zero-order valence-corrected chi connectivity index (χ0v) is 19.9. The summed E-state index contributed by atoms with van der Waals surface area (Å²) < 4.78 is 10.8. The Kier molecular flexibility index (Phi) is 6.98. The Balaban J connectivity index is 1.13. The number of nitrogens with one attached hydrogen (secondary N) is 1. The van der Waals surface area contributed by atoms with Crippen molar-refractivity contribution in [3.63, 3.8) is 0 Å². The van der Waals surface area contributed by atoms with Gasteiger partial charge in [0.15, 0.2) is 0 Å². The van der Waals surface area contributed by atoms with Crippen LogP contribution in [0.5, 0.6) is 0 Å². The molecule has 0 bridgehead atoms. The lowest BCUT2D eigenvalue weighted by Gasteiger charge is -2.23. The fourth-order valence-corrected chi connectivity index (χ4v) is 4.91. The topological polar surface area (TPSA) is 84.9 Å². The van der Waals surface area contributed by atoms with Crippen molar-refractivity contribution >= 4 is 18.0 Å². The number of ether oxygens (including phenoxy) is 2. The fraction of sp³-hybridized carbons (Fsp3) is 0.276. The Labute approximate surface area is 210 Å². The van der Waals surface area contributed by atoms with Gasteiger partial charge in [-0.1, -0.05) is 72.8 Å². The van der Waals surface area contributed by atoms with E-state index in [4.69, 9.17) is 9.47 Å². The predicted molar refractivity (Wildman–Crippen MR) is 134 cm³/mol. The number of hydrogen-bond donors (Lipinski definition) is 1. The zero-order chi connectivity index (χ0) is 24.9. The van der Waals surface area contributed by atoms with Gasteiger partial charge in [0.25, 0.3) is 0 Å². The summed E-state index contributed by atoms with van der Waals surface area (Å²) in [5, 5.41) is 2.60. The number of rotatable bonds is 7. The predicted octanol–water partition coefficient (Wildman–Crippen LogP) is 4.22. The lowest BCUT2D eigenvalue weighted by Crippen LogP contribution is -2.47. The number of benzene rings is 3. The summed E-state index contributed by atoms with van der Waals surface area (Å²) in [5.74, 6) is -0.907. The van der Waals surface area contributed by atoms with Gasteiger partial charge in [-0.3, -0.25) is 14.5 Å². The third kappa shape index (κ3) is 5.10. The molecule has 1 saturated heterocycles. The highest BCUT2D eigenvalue weighted by molar-refractivity contribution is 5.88. The van der Waals surface area contributed by atoms with Gasteiger partial charge in [-0.2, -0.15) is 0 Å². The summed E-state index contributed by atoms with van der Waals surface area (Å²) >= 11 is 0. The molecule has 1 heterocycles. The molecule has 2 amide bonds. The third-order valence-corrected chi connectivity index (χ3v) is 6.74. The number of nitrogens with zero attached hydrogens (tertiary/aromatic N) is 1. The van der Waals surface area contributed by atoms with Gasteiger partial charge in [-0.05, 0) is 52.6 Å². The number of carbonyl (C=O) groups is 3. The van der Waals surface area contributed by atoms with Gasteiger partial charge >= 0.3 is 12.1 Å². The molecule has 7 nitrogen and oxygen atoms in total. The Bertz CT molecular complexity index is 1270. The van der Waals surface area contributed by atoms with Crippen LogP contribution in [0.15, 0.2) is 72.8 Å². The molecular weight excluding hydrogens is 456 g/mol. The highest BCUT2D eigenvalue weighted by Crippen LogP contribution is 2.38. The minimum atomic E-state index is -0.662. The maximum absolute atomic E-state index is 12.9. The molecule has 36 heavy (non-hydrogen) atoms. The first-order chi connectivity index (χ1) is 17.6. The first-order valence-corrected chi connectivity index (χ1v) is 12.2. The molecule has 3 aromatic rings. The molecule has 3 aromatic carbocycles. The second kappa shape index (κ2) is 10.6. The van der Waals surface area contributed by atoms with Crippen LogP contribution >= 0.6 is 0 Å². The van der Waals surface area contributed by atoms with Crippen molar-refractivity contribution in [1.29, 1.82) is 0 Å². The molecule has 0 aromatic heterocycles. The highest BCUT2D eigenvalue weighted by atomic mass is 16.6. The lowest BCUT2D eigenvalue weighted by molar-refractivity contribution is -0.145. The average Bonchev–Trinajstić information content (AvgIpc) is 3.55. The summed E-state index contributed by atoms with van der Waals surface area (Å²) in [6.45, 7) is 0.480. The SMILES string of the molecule is O=C(CNC(=O)[C@H]1CCCN1C(=O)OCc1cccc2c1Cc1ccccc1-2)OCc1ccccc1. The molecule has 1 aliphatic heterocycles. The fourth-order valence-electron chi connectivity index (χ4n) is 4.91. The molecule has 1 aliphatic carbocycles. The van der Waals surface area contributed by atoms with Crippen molar-refractivity contribution in [2.24, 2.45) is 0 Å². The second-order valence-electron chi connectivity index (χ2n) is 9.05. The van der Waals surface area contributed by atoms with Crippen LogP contribution in [0.2, 0.25) is 0 Å². The molecular formula is C29H28N2O5. The monoisotopic (exact) mass is 484 g/mol. The Hall–Kier alpha value is -4.13. The molecule has 2 aliphatic rings. The average molecular weight is 485 g/mol. The van der Waals surface area contributed by atoms with E-state index in [0.717, 1.165) is 17.5 Å². The molecule has 1 atom stereocenters. The number of amides is 2. The van der Waals surface area contributed by atoms with Crippen LogP contribution in [-0.4, -0.2) is 42.0 Å². The van der Waals surface area contributed by atoms with Crippen LogP contribution in [0.25, 0.3) is 11.1 Å². The molecule has 5 rings (SSSR count). The van der Waals surface area contributed by atoms with Crippen LogP contribution in [0.3, 0.4) is 0 Å². The first kappa shape index (κ1) is 23.6. The van der Waals surface area contributed by atoms with Gasteiger partial charge in [0.1, 0.15) is 25.8 Å². The summed E-state index contributed by atoms with van der Waals surface area (Å²) in [6.07, 6.45) is 1.51. The summed E-state index contributed by atoms with van der Waals surface area (Å²) in [6, 6.07) is 23.0. The molecule has 1 fully saturated rings. The van der Waals surface area contributed by atoms with E-state index in [2.05, 4.69) is 23.5 Å². The highest BCUT2D eigenvalue weighted by Gasteiger charge is 2.35. The Morgan fingerprint density at radius 1 is 0.861 bits per heavy atom. The summed E-state index contributed by atoms with van der Waals surface area (Å²) in [4.78, 5) is 39.1. The minimum Gasteiger partial charge on any atom is -0.460 e. The smallest absolute Gasteiger partial charge is 0.410 e. The van der Waals surface area contributed by atoms with Crippen molar-refractivity contribution in [3.05, 3.63) is 95.1 Å². The van der Waals surface area contributed by atoms with E-state index in [1.165, 1.54) is 27.2 Å². The van der Waals surface area contributed by atoms with Gasteiger partial charge < -0.3 is 14.8 Å². The van der Waals surface area contributed by atoms with E-state index in [0.29, 0.717) is 19.4 Å². The van der Waals surface area contributed by atoms with Crippen LogP contribution in [0, 0.1) is 0 Å². The zero-order valence-electron chi connectivity index (χ0n) is 19.9. The normalized spacial score (nSPS) is 15.7. The number of hydrogen-bond acceptors (Lipinski definition) is 5. The van der Waals surface area contributed by atoms with Crippen molar-refractivity contribution in [3.8, 4) is 11.1 Å². The standard InChI is InChI=1S/C29H28N2O5/c32-27(35-18-20-8-2-1-3-9-20)17-30-28(33)26-14-7-15-31(26)29(34)36-19-22-11-6-13-24-23-12-5-4-10-21(23)16-25(22)24/h1-6,8-13,26H,7,14-19H2,(H,30,33)/t26-/m1/s1. The van der Waals surface area contributed by atoms with Crippen LogP contribution in [0.4, 0.5) is 4.79 Å². The molecule has 7 heteroatoms. The quantitative estimate of drug-likeness (QED) is 0.397. The third-order valence-electron chi connectivity index (χ3n) is 6.74. The number of carbonyl (C=O) groups excluding carboxylic acids is 3. The van der Waals surface area contributed by atoms with Crippen molar-refractivity contribution in [2.75, 3.05) is 13.1 Å². The van der Waals surface area contributed by atoms with Gasteiger partial charge in [0.2, 0.25) is 5.91 Å². The van der Waals surface area contributed by atoms with E-state index in [1.54, 1.807) is 0 Å². The Morgan fingerprint density at radius 2 is 1.64 bits per heavy atom. The summed E-state index contributed by atoms with van der Waals surface area (Å²) in [7, 11) is 0. The molecule has 184 valence electrons. The molecule has 0 spiro atoms. The van der Waals surface area contributed by atoms with E-state index in [1.807, 2.05) is 54.6 Å².